The summed E-state index contributed by atoms with van der Waals surface area (Å²) >= 11 is 1.42. The van der Waals surface area contributed by atoms with Crippen LogP contribution in [0.1, 0.15) is 43.2 Å². The van der Waals surface area contributed by atoms with Crippen molar-refractivity contribution in [1.29, 1.82) is 0 Å². The number of thioether (sulfide) groups is 1. The van der Waals surface area contributed by atoms with Crippen molar-refractivity contribution in [3.63, 3.8) is 0 Å². The molecule has 1 aliphatic heterocycles. The first kappa shape index (κ1) is 21.8. The fraction of sp³-hybridized carbons (Fsp3) is 0.417. The van der Waals surface area contributed by atoms with Crippen molar-refractivity contribution in [2.24, 2.45) is 5.92 Å². The molecule has 2 fully saturated rings. The highest BCUT2D eigenvalue weighted by Crippen LogP contribution is 2.40. The Hall–Kier alpha value is -3.07. The first-order chi connectivity index (χ1) is 16.2. The second kappa shape index (κ2) is 9.82. The number of benzene rings is 1. The maximum Gasteiger partial charge on any atom is 0.233 e. The lowest BCUT2D eigenvalue weighted by atomic mass is 9.96. The van der Waals surface area contributed by atoms with Gasteiger partial charge in [0, 0.05) is 30.6 Å². The summed E-state index contributed by atoms with van der Waals surface area (Å²) in [5.41, 5.74) is 0.807. The van der Waals surface area contributed by atoms with Crippen LogP contribution in [0.5, 0.6) is 0 Å². The van der Waals surface area contributed by atoms with Crippen molar-refractivity contribution in [3.8, 4) is 0 Å². The van der Waals surface area contributed by atoms with Crippen molar-refractivity contribution in [3.05, 3.63) is 60.3 Å². The van der Waals surface area contributed by atoms with E-state index in [9.17, 15) is 9.59 Å². The van der Waals surface area contributed by atoms with Crippen molar-refractivity contribution < 1.29 is 14.0 Å². The summed E-state index contributed by atoms with van der Waals surface area (Å²) in [6, 6.07) is 13.3. The largest absolute Gasteiger partial charge is 0.467 e. The predicted molar refractivity (Wildman–Crippen MR) is 125 cm³/mol. The molecule has 3 aromatic rings. The van der Waals surface area contributed by atoms with Gasteiger partial charge in [0.25, 0.3) is 0 Å². The molecule has 5 rings (SSSR count). The van der Waals surface area contributed by atoms with E-state index in [-0.39, 0.29) is 17.7 Å². The molecule has 2 amide bonds. The SMILES string of the molecule is O=C(Nc1ccccc1)C1CCN(C(=O)CSc2nnc(C3CC3)n2Cc2ccco2)CC1. The van der Waals surface area contributed by atoms with Crippen molar-refractivity contribution >= 4 is 29.3 Å². The number of rotatable bonds is 8. The van der Waals surface area contributed by atoms with Gasteiger partial charge in [0.15, 0.2) is 5.16 Å². The van der Waals surface area contributed by atoms with E-state index in [1.54, 1.807) is 6.26 Å². The van der Waals surface area contributed by atoms with Crippen molar-refractivity contribution in [1.82, 2.24) is 19.7 Å². The zero-order valence-electron chi connectivity index (χ0n) is 18.4. The molecule has 0 bridgehead atoms. The molecule has 1 N–H and O–H groups in total. The summed E-state index contributed by atoms with van der Waals surface area (Å²) < 4.78 is 7.59. The van der Waals surface area contributed by atoms with E-state index in [0.717, 1.165) is 35.3 Å². The van der Waals surface area contributed by atoms with E-state index >= 15 is 0 Å². The number of anilines is 1. The smallest absolute Gasteiger partial charge is 0.233 e. The van der Waals surface area contributed by atoms with Gasteiger partial charge < -0.3 is 14.6 Å². The summed E-state index contributed by atoms with van der Waals surface area (Å²) in [5.74, 6) is 2.62. The molecule has 9 heteroatoms. The van der Waals surface area contributed by atoms with Gasteiger partial charge in [0.05, 0.1) is 18.6 Å². The molecule has 8 nitrogen and oxygen atoms in total. The van der Waals surface area contributed by atoms with Crippen LogP contribution in [-0.2, 0) is 16.1 Å². The Morgan fingerprint density at radius 2 is 1.82 bits per heavy atom. The highest BCUT2D eigenvalue weighted by Gasteiger charge is 2.31. The molecular formula is C24H27N5O3S. The van der Waals surface area contributed by atoms with Gasteiger partial charge in [-0.2, -0.15) is 0 Å². The van der Waals surface area contributed by atoms with Gasteiger partial charge in [-0.05, 0) is 49.9 Å². The average Bonchev–Trinajstić information content (AvgIpc) is 3.41. The topological polar surface area (TPSA) is 93.3 Å². The molecule has 1 aromatic carbocycles. The highest BCUT2D eigenvalue weighted by atomic mass is 32.2. The van der Waals surface area contributed by atoms with Crippen molar-refractivity contribution in [2.75, 3.05) is 24.2 Å². The molecule has 1 saturated carbocycles. The zero-order valence-corrected chi connectivity index (χ0v) is 19.2. The van der Waals surface area contributed by atoms with E-state index in [4.69, 9.17) is 4.42 Å². The summed E-state index contributed by atoms with van der Waals surface area (Å²) in [5, 5.41) is 12.5. The molecule has 1 aliphatic carbocycles. The first-order valence-electron chi connectivity index (χ1n) is 11.4. The maximum absolute atomic E-state index is 12.8. The monoisotopic (exact) mass is 465 g/mol. The number of furan rings is 1. The predicted octanol–water partition coefficient (Wildman–Crippen LogP) is 3.77. The Morgan fingerprint density at radius 3 is 2.52 bits per heavy atom. The Morgan fingerprint density at radius 1 is 1.03 bits per heavy atom. The zero-order chi connectivity index (χ0) is 22.6. The first-order valence-corrected chi connectivity index (χ1v) is 12.4. The van der Waals surface area contributed by atoms with Gasteiger partial charge in [-0.3, -0.25) is 14.2 Å². The number of nitrogens with zero attached hydrogens (tertiary/aromatic N) is 4. The van der Waals surface area contributed by atoms with E-state index in [0.29, 0.717) is 44.1 Å². The van der Waals surface area contributed by atoms with Crippen LogP contribution in [-0.4, -0.2) is 50.3 Å². The number of hydrogen-bond acceptors (Lipinski definition) is 6. The average molecular weight is 466 g/mol. The number of amides is 2. The minimum atomic E-state index is -0.0700. The lowest BCUT2D eigenvalue weighted by molar-refractivity contribution is -0.132. The Labute approximate surface area is 196 Å². The van der Waals surface area contributed by atoms with Crippen LogP contribution in [0.15, 0.2) is 58.3 Å². The number of carbonyl (C=O) groups excluding carboxylic acids is 2. The molecule has 0 atom stereocenters. The van der Waals surface area contributed by atoms with Crippen LogP contribution >= 0.6 is 11.8 Å². The molecular weight excluding hydrogens is 438 g/mol. The number of aromatic nitrogens is 3. The third-order valence-corrected chi connectivity index (χ3v) is 7.12. The van der Waals surface area contributed by atoms with Crippen LogP contribution in [0.3, 0.4) is 0 Å². The molecule has 0 spiro atoms. The minimum absolute atomic E-state index is 0.0290. The normalized spacial score (nSPS) is 16.7. The summed E-state index contributed by atoms with van der Waals surface area (Å²) in [6.07, 6.45) is 5.28. The molecule has 0 radical (unpaired) electrons. The van der Waals surface area contributed by atoms with Gasteiger partial charge in [-0.15, -0.1) is 10.2 Å². The maximum atomic E-state index is 12.8. The molecule has 0 unspecified atom stereocenters. The molecule has 2 aromatic heterocycles. The van der Waals surface area contributed by atoms with Crippen LogP contribution in [0.25, 0.3) is 0 Å². The number of hydrogen-bond donors (Lipinski definition) is 1. The van der Waals surface area contributed by atoms with E-state index in [1.165, 1.54) is 11.8 Å². The van der Waals surface area contributed by atoms with Crippen LogP contribution in [0.2, 0.25) is 0 Å². The lowest BCUT2D eigenvalue weighted by Gasteiger charge is -2.31. The van der Waals surface area contributed by atoms with Gasteiger partial charge in [0.1, 0.15) is 11.6 Å². The standard InChI is InChI=1S/C24H27N5O3S/c30-21(28-12-10-18(11-13-28)23(31)25-19-5-2-1-3-6-19)16-33-24-27-26-22(17-8-9-17)29(24)15-20-7-4-14-32-20/h1-7,14,17-18H,8-13,15-16H2,(H,25,31). The molecule has 33 heavy (non-hydrogen) atoms. The van der Waals surface area contributed by atoms with Crippen LogP contribution < -0.4 is 5.32 Å². The van der Waals surface area contributed by atoms with Gasteiger partial charge in [-0.25, -0.2) is 0 Å². The quantitative estimate of drug-likeness (QED) is 0.509. The summed E-state index contributed by atoms with van der Waals surface area (Å²) in [4.78, 5) is 27.2. The fourth-order valence-electron chi connectivity index (χ4n) is 4.13. The number of para-hydroxylation sites is 1. The molecule has 172 valence electrons. The molecule has 3 heterocycles. The van der Waals surface area contributed by atoms with Gasteiger partial charge in [-0.1, -0.05) is 30.0 Å². The van der Waals surface area contributed by atoms with Crippen molar-refractivity contribution in [2.45, 2.75) is 43.3 Å². The highest BCUT2D eigenvalue weighted by molar-refractivity contribution is 7.99. The van der Waals surface area contributed by atoms with E-state index < -0.39 is 0 Å². The van der Waals surface area contributed by atoms with Crippen LogP contribution in [0.4, 0.5) is 5.69 Å². The third-order valence-electron chi connectivity index (χ3n) is 6.17. The number of carbonyl (C=O) groups is 2. The Kier molecular flexibility index (Phi) is 6.48. The second-order valence-electron chi connectivity index (χ2n) is 8.58. The fourth-order valence-corrected chi connectivity index (χ4v) is 4.98. The summed E-state index contributed by atoms with van der Waals surface area (Å²) in [6.45, 7) is 1.77. The van der Waals surface area contributed by atoms with E-state index in [1.807, 2.05) is 47.4 Å². The van der Waals surface area contributed by atoms with E-state index in [2.05, 4.69) is 20.1 Å². The van der Waals surface area contributed by atoms with Crippen LogP contribution in [0, 0.1) is 5.92 Å². The van der Waals surface area contributed by atoms with Gasteiger partial charge >= 0.3 is 0 Å². The third kappa shape index (κ3) is 5.30. The number of piperidine rings is 1. The molecule has 1 saturated heterocycles. The number of nitrogens with one attached hydrogen (secondary N) is 1. The Bertz CT molecular complexity index is 1090. The van der Waals surface area contributed by atoms with Gasteiger partial charge in [0.2, 0.25) is 11.8 Å². The number of likely N-dealkylation sites (tertiary alicyclic amines) is 1. The molecule has 2 aliphatic rings. The Balaban J connectivity index is 1.14. The summed E-state index contributed by atoms with van der Waals surface area (Å²) in [7, 11) is 0. The minimum Gasteiger partial charge on any atom is -0.467 e. The lowest BCUT2D eigenvalue weighted by Crippen LogP contribution is -2.42. The second-order valence-corrected chi connectivity index (χ2v) is 9.52.